The van der Waals surface area contributed by atoms with Gasteiger partial charge in [-0.15, -0.1) is 0 Å². The first-order chi connectivity index (χ1) is 7.60. The number of aliphatic carboxylic acids is 1. The third-order valence-electron chi connectivity index (χ3n) is 2.07. The molecule has 0 amide bonds. The zero-order valence-electron chi connectivity index (χ0n) is 9.02. The summed E-state index contributed by atoms with van der Waals surface area (Å²) in [7, 11) is 1.34. The lowest BCUT2D eigenvalue weighted by atomic mass is 10.1. The van der Waals surface area contributed by atoms with Gasteiger partial charge in [0.1, 0.15) is 6.07 Å². The molecule has 0 fully saturated rings. The van der Waals surface area contributed by atoms with Crippen LogP contribution in [-0.4, -0.2) is 18.2 Å². The van der Waals surface area contributed by atoms with Crippen molar-refractivity contribution in [2.75, 3.05) is 7.11 Å². The van der Waals surface area contributed by atoms with Gasteiger partial charge in [0, 0.05) is 5.56 Å². The molecule has 0 bridgehead atoms. The maximum Gasteiger partial charge on any atom is 0.350 e. The first kappa shape index (κ1) is 11.8. The van der Waals surface area contributed by atoms with E-state index in [0.29, 0.717) is 5.56 Å². The van der Waals surface area contributed by atoms with Crippen molar-refractivity contribution < 1.29 is 14.6 Å². The van der Waals surface area contributed by atoms with Crippen LogP contribution in [0, 0.1) is 18.3 Å². The molecule has 0 heterocycles. The van der Waals surface area contributed by atoms with Gasteiger partial charge in [-0.1, -0.05) is 29.8 Å². The summed E-state index contributed by atoms with van der Waals surface area (Å²) >= 11 is 0. The van der Waals surface area contributed by atoms with Crippen LogP contribution in [0.15, 0.2) is 29.8 Å². The Morgan fingerprint density at radius 3 is 2.31 bits per heavy atom. The van der Waals surface area contributed by atoms with Crippen LogP contribution in [0.25, 0.3) is 5.76 Å². The van der Waals surface area contributed by atoms with Crippen LogP contribution in [0.1, 0.15) is 11.1 Å². The van der Waals surface area contributed by atoms with Gasteiger partial charge in [0.2, 0.25) is 0 Å². The predicted octanol–water partition coefficient (Wildman–Crippen LogP) is 1.96. The Hall–Kier alpha value is -2.28. The molecule has 0 atom stereocenters. The Morgan fingerprint density at radius 2 is 1.94 bits per heavy atom. The minimum atomic E-state index is -1.29. The van der Waals surface area contributed by atoms with Gasteiger partial charge in [-0.05, 0) is 6.92 Å². The zero-order valence-corrected chi connectivity index (χ0v) is 9.02. The zero-order chi connectivity index (χ0) is 12.1. The summed E-state index contributed by atoms with van der Waals surface area (Å²) in [5.74, 6) is -1.21. The molecule has 0 unspecified atom stereocenters. The minimum absolute atomic E-state index is 0.0787. The van der Waals surface area contributed by atoms with E-state index in [1.807, 2.05) is 19.1 Å². The van der Waals surface area contributed by atoms with Crippen LogP contribution >= 0.6 is 0 Å². The molecule has 16 heavy (non-hydrogen) atoms. The number of carboxylic acid groups (broad SMARTS) is 1. The molecule has 0 aliphatic carbocycles. The van der Waals surface area contributed by atoms with E-state index >= 15 is 0 Å². The highest BCUT2D eigenvalue weighted by molar-refractivity contribution is 5.99. The second-order valence-electron chi connectivity index (χ2n) is 3.19. The normalized spacial score (nSPS) is 11.3. The Morgan fingerprint density at radius 1 is 1.38 bits per heavy atom. The molecule has 0 aliphatic rings. The Balaban J connectivity index is 3.32. The van der Waals surface area contributed by atoms with Crippen molar-refractivity contribution in [1.82, 2.24) is 0 Å². The van der Waals surface area contributed by atoms with Crippen LogP contribution < -0.4 is 0 Å². The first-order valence-corrected chi connectivity index (χ1v) is 4.59. The van der Waals surface area contributed by atoms with Crippen LogP contribution in [0.2, 0.25) is 0 Å². The molecule has 0 saturated heterocycles. The van der Waals surface area contributed by atoms with Crippen molar-refractivity contribution >= 4 is 11.7 Å². The molecular formula is C12H11NO3. The van der Waals surface area contributed by atoms with Crippen LogP contribution in [0.5, 0.6) is 0 Å². The van der Waals surface area contributed by atoms with Crippen molar-refractivity contribution in [2.24, 2.45) is 0 Å². The number of carbonyl (C=O) groups is 1. The molecular weight excluding hydrogens is 206 g/mol. The lowest BCUT2D eigenvalue weighted by Gasteiger charge is -2.07. The highest BCUT2D eigenvalue weighted by atomic mass is 16.5. The van der Waals surface area contributed by atoms with E-state index in [4.69, 9.17) is 15.1 Å². The van der Waals surface area contributed by atoms with E-state index in [-0.39, 0.29) is 5.76 Å². The molecule has 0 saturated carbocycles. The SMILES string of the molecule is CO/C(=C(/C#N)C(=O)O)c1ccc(C)cc1. The number of rotatable bonds is 3. The topological polar surface area (TPSA) is 70.3 Å². The van der Waals surface area contributed by atoms with E-state index in [9.17, 15) is 4.79 Å². The van der Waals surface area contributed by atoms with Crippen LogP contribution in [0.3, 0.4) is 0 Å². The Bertz CT molecular complexity index is 466. The fourth-order valence-electron chi connectivity index (χ4n) is 1.26. The van der Waals surface area contributed by atoms with Gasteiger partial charge in [0.25, 0.3) is 0 Å². The van der Waals surface area contributed by atoms with Gasteiger partial charge >= 0.3 is 5.97 Å². The predicted molar refractivity (Wildman–Crippen MR) is 58.4 cm³/mol. The minimum Gasteiger partial charge on any atom is -0.494 e. The van der Waals surface area contributed by atoms with E-state index in [2.05, 4.69) is 0 Å². The van der Waals surface area contributed by atoms with E-state index in [1.165, 1.54) is 7.11 Å². The maximum atomic E-state index is 10.8. The molecule has 0 aliphatic heterocycles. The summed E-state index contributed by atoms with van der Waals surface area (Å²) in [6.07, 6.45) is 0. The third kappa shape index (κ3) is 2.39. The largest absolute Gasteiger partial charge is 0.494 e. The van der Waals surface area contributed by atoms with Gasteiger partial charge in [-0.25, -0.2) is 4.79 Å². The maximum absolute atomic E-state index is 10.8. The Labute approximate surface area is 93.4 Å². The fourth-order valence-corrected chi connectivity index (χ4v) is 1.26. The first-order valence-electron chi connectivity index (χ1n) is 4.59. The second kappa shape index (κ2) is 4.99. The second-order valence-corrected chi connectivity index (χ2v) is 3.19. The third-order valence-corrected chi connectivity index (χ3v) is 2.07. The van der Waals surface area contributed by atoms with Gasteiger partial charge in [0.15, 0.2) is 11.3 Å². The number of methoxy groups -OCH3 is 1. The molecule has 4 nitrogen and oxygen atoms in total. The molecule has 1 aromatic carbocycles. The van der Waals surface area contributed by atoms with Crippen LogP contribution in [-0.2, 0) is 9.53 Å². The van der Waals surface area contributed by atoms with Gasteiger partial charge in [-0.2, -0.15) is 5.26 Å². The number of hydrogen-bond donors (Lipinski definition) is 1. The summed E-state index contributed by atoms with van der Waals surface area (Å²) in [5.41, 5.74) is 1.23. The van der Waals surface area contributed by atoms with Crippen molar-refractivity contribution in [1.29, 1.82) is 5.26 Å². The molecule has 4 heteroatoms. The lowest BCUT2D eigenvalue weighted by Crippen LogP contribution is -2.03. The van der Waals surface area contributed by atoms with Crippen molar-refractivity contribution in [3.63, 3.8) is 0 Å². The van der Waals surface area contributed by atoms with E-state index in [1.54, 1.807) is 18.2 Å². The van der Waals surface area contributed by atoms with E-state index in [0.717, 1.165) is 5.56 Å². The van der Waals surface area contributed by atoms with Crippen molar-refractivity contribution in [3.05, 3.63) is 41.0 Å². The molecule has 0 radical (unpaired) electrons. The lowest BCUT2D eigenvalue weighted by molar-refractivity contribution is -0.132. The summed E-state index contributed by atoms with van der Waals surface area (Å²) in [5, 5.41) is 17.6. The summed E-state index contributed by atoms with van der Waals surface area (Å²) in [4.78, 5) is 10.8. The number of aryl methyl sites for hydroxylation is 1. The van der Waals surface area contributed by atoms with E-state index < -0.39 is 11.5 Å². The number of nitriles is 1. The molecule has 82 valence electrons. The fraction of sp³-hybridized carbons (Fsp3) is 0.167. The molecule has 1 rings (SSSR count). The van der Waals surface area contributed by atoms with Crippen molar-refractivity contribution in [2.45, 2.75) is 6.92 Å². The van der Waals surface area contributed by atoms with Crippen LogP contribution in [0.4, 0.5) is 0 Å². The van der Waals surface area contributed by atoms with Gasteiger partial charge in [0.05, 0.1) is 7.11 Å². The molecule has 1 aromatic rings. The summed E-state index contributed by atoms with van der Waals surface area (Å²) in [6.45, 7) is 1.92. The summed E-state index contributed by atoms with van der Waals surface area (Å²) in [6, 6.07) is 8.70. The average molecular weight is 217 g/mol. The monoisotopic (exact) mass is 217 g/mol. The highest BCUT2D eigenvalue weighted by Crippen LogP contribution is 2.19. The standard InChI is InChI=1S/C12H11NO3/c1-8-3-5-9(6-4-8)11(16-2)10(7-13)12(14)15/h3-6H,1-2H3,(H,14,15)/b11-10-. The smallest absolute Gasteiger partial charge is 0.350 e. The highest BCUT2D eigenvalue weighted by Gasteiger charge is 2.16. The Kier molecular flexibility index (Phi) is 3.67. The molecule has 0 aromatic heterocycles. The number of carboxylic acids is 1. The van der Waals surface area contributed by atoms with Crippen molar-refractivity contribution in [3.8, 4) is 6.07 Å². The molecule has 0 spiro atoms. The number of nitrogens with zero attached hydrogens (tertiary/aromatic N) is 1. The number of ether oxygens (including phenoxy) is 1. The quantitative estimate of drug-likeness (QED) is 0.477. The number of hydrogen-bond acceptors (Lipinski definition) is 3. The van der Waals surface area contributed by atoms with Gasteiger partial charge < -0.3 is 9.84 Å². The molecule has 1 N–H and O–H groups in total. The number of benzene rings is 1. The van der Waals surface area contributed by atoms with Gasteiger partial charge in [-0.3, -0.25) is 0 Å². The average Bonchev–Trinajstić information content (AvgIpc) is 2.26. The summed E-state index contributed by atoms with van der Waals surface area (Å²) < 4.78 is 4.97.